The third-order valence-electron chi connectivity index (χ3n) is 5.41. The lowest BCUT2D eigenvalue weighted by atomic mass is 10.1. The molecule has 28 heavy (non-hydrogen) atoms. The van der Waals surface area contributed by atoms with Crippen LogP contribution in [0.5, 0.6) is 0 Å². The van der Waals surface area contributed by atoms with Gasteiger partial charge in [-0.25, -0.2) is 0 Å². The van der Waals surface area contributed by atoms with Crippen LogP contribution < -0.4 is 0 Å². The number of hydrogen-bond acceptors (Lipinski definition) is 5. The molecule has 0 aromatic heterocycles. The van der Waals surface area contributed by atoms with Crippen molar-refractivity contribution in [3.05, 3.63) is 12.2 Å². The SMILES string of the molecule is CCCCC/C=C/CCCCCCCCCCOC[C@@H](O)[C@@H]1OC[C@H](O)[C@@H]1O. The molecule has 5 nitrogen and oxygen atoms in total. The minimum Gasteiger partial charge on any atom is -0.388 e. The number of aliphatic hydroxyl groups excluding tert-OH is 3. The van der Waals surface area contributed by atoms with Crippen molar-refractivity contribution in [3.63, 3.8) is 0 Å². The molecule has 1 saturated heterocycles. The number of allylic oxidation sites excluding steroid dienone is 2. The Bertz CT molecular complexity index is 374. The predicted octanol–water partition coefficient (Wildman–Crippen LogP) is 4.13. The van der Waals surface area contributed by atoms with E-state index in [9.17, 15) is 15.3 Å². The van der Waals surface area contributed by atoms with E-state index in [1.807, 2.05) is 0 Å². The predicted molar refractivity (Wildman–Crippen MR) is 113 cm³/mol. The molecule has 1 aliphatic heterocycles. The average molecular weight is 401 g/mol. The second-order valence-corrected chi connectivity index (χ2v) is 8.08. The first-order chi connectivity index (χ1) is 13.7. The normalized spacial score (nSPS) is 23.6. The fourth-order valence-corrected chi connectivity index (χ4v) is 3.54. The van der Waals surface area contributed by atoms with Gasteiger partial charge < -0.3 is 24.8 Å². The Hall–Kier alpha value is -0.460. The third kappa shape index (κ3) is 12.2. The van der Waals surface area contributed by atoms with Crippen LogP contribution in [0, 0.1) is 0 Å². The van der Waals surface area contributed by atoms with E-state index in [1.54, 1.807) is 0 Å². The van der Waals surface area contributed by atoms with E-state index in [0.717, 1.165) is 12.8 Å². The number of unbranched alkanes of at least 4 members (excludes halogenated alkanes) is 11. The standard InChI is InChI=1S/C23H44O5/c1-2-3-4-5-6-7-8-9-10-11-12-13-14-15-16-17-27-18-21(25)23-22(26)20(24)19-28-23/h6-7,20-26H,2-5,8-19H2,1H3/b7-6+/t20-,21+,22-,23-/m0/s1. The van der Waals surface area contributed by atoms with Crippen molar-refractivity contribution in [2.24, 2.45) is 0 Å². The number of rotatable bonds is 18. The van der Waals surface area contributed by atoms with Gasteiger partial charge in [0.15, 0.2) is 0 Å². The number of ether oxygens (including phenoxy) is 2. The summed E-state index contributed by atoms with van der Waals surface area (Å²) in [5, 5.41) is 29.0. The van der Waals surface area contributed by atoms with Gasteiger partial charge in [-0.2, -0.15) is 0 Å². The Morgan fingerprint density at radius 1 is 0.893 bits per heavy atom. The highest BCUT2D eigenvalue weighted by Gasteiger charge is 2.39. The molecule has 1 rings (SSSR count). The smallest absolute Gasteiger partial charge is 0.114 e. The van der Waals surface area contributed by atoms with Gasteiger partial charge >= 0.3 is 0 Å². The van der Waals surface area contributed by atoms with Gasteiger partial charge in [0, 0.05) is 6.61 Å². The molecule has 1 heterocycles. The summed E-state index contributed by atoms with van der Waals surface area (Å²) in [6.07, 6.45) is 17.6. The topological polar surface area (TPSA) is 79.2 Å². The van der Waals surface area contributed by atoms with E-state index in [4.69, 9.17) is 9.47 Å². The second-order valence-electron chi connectivity index (χ2n) is 8.08. The molecule has 0 aliphatic carbocycles. The van der Waals surface area contributed by atoms with E-state index >= 15 is 0 Å². The molecule has 0 spiro atoms. The lowest BCUT2D eigenvalue weighted by molar-refractivity contribution is -0.0813. The second kappa shape index (κ2) is 17.4. The molecule has 166 valence electrons. The first-order valence-electron chi connectivity index (χ1n) is 11.5. The van der Waals surface area contributed by atoms with Crippen LogP contribution in [0.4, 0.5) is 0 Å². The minimum absolute atomic E-state index is 0.0681. The van der Waals surface area contributed by atoms with E-state index in [-0.39, 0.29) is 13.2 Å². The zero-order valence-corrected chi connectivity index (χ0v) is 17.9. The number of hydrogen-bond donors (Lipinski definition) is 3. The van der Waals surface area contributed by atoms with Crippen LogP contribution >= 0.6 is 0 Å². The maximum Gasteiger partial charge on any atom is 0.114 e. The quantitative estimate of drug-likeness (QED) is 0.238. The number of aliphatic hydroxyl groups is 3. The molecule has 0 radical (unpaired) electrons. The van der Waals surface area contributed by atoms with Crippen molar-refractivity contribution in [3.8, 4) is 0 Å². The largest absolute Gasteiger partial charge is 0.388 e. The monoisotopic (exact) mass is 400 g/mol. The first-order valence-corrected chi connectivity index (χ1v) is 11.5. The zero-order chi connectivity index (χ0) is 20.5. The summed E-state index contributed by atoms with van der Waals surface area (Å²) in [6.45, 7) is 3.07. The fourth-order valence-electron chi connectivity index (χ4n) is 3.54. The highest BCUT2D eigenvalue weighted by Crippen LogP contribution is 2.18. The van der Waals surface area contributed by atoms with Gasteiger partial charge in [-0.3, -0.25) is 0 Å². The van der Waals surface area contributed by atoms with Crippen LogP contribution in [-0.2, 0) is 9.47 Å². The Labute approximate surface area is 172 Å². The van der Waals surface area contributed by atoms with E-state index in [1.165, 1.54) is 70.6 Å². The Kier molecular flexibility index (Phi) is 15.9. The van der Waals surface area contributed by atoms with Crippen LogP contribution in [0.2, 0.25) is 0 Å². The van der Waals surface area contributed by atoms with Gasteiger partial charge in [-0.05, 0) is 32.1 Å². The third-order valence-corrected chi connectivity index (χ3v) is 5.41. The van der Waals surface area contributed by atoms with Gasteiger partial charge in [0.1, 0.15) is 24.4 Å². The summed E-state index contributed by atoms with van der Waals surface area (Å²) in [5.74, 6) is 0. The van der Waals surface area contributed by atoms with E-state index < -0.39 is 24.4 Å². The lowest BCUT2D eigenvalue weighted by Gasteiger charge is -2.20. The molecule has 4 atom stereocenters. The minimum atomic E-state index is -1.03. The Balaban J connectivity index is 1.78. The maximum absolute atomic E-state index is 9.94. The molecule has 0 unspecified atom stereocenters. The molecular weight excluding hydrogens is 356 g/mol. The molecular formula is C23H44O5. The molecule has 5 heteroatoms. The first kappa shape index (κ1) is 25.6. The van der Waals surface area contributed by atoms with Crippen LogP contribution in [0.1, 0.15) is 90.4 Å². The Morgan fingerprint density at radius 2 is 1.46 bits per heavy atom. The molecule has 0 saturated carbocycles. The van der Waals surface area contributed by atoms with Gasteiger partial charge in [0.2, 0.25) is 0 Å². The summed E-state index contributed by atoms with van der Waals surface area (Å²) in [5.41, 5.74) is 0. The highest BCUT2D eigenvalue weighted by atomic mass is 16.5. The lowest BCUT2D eigenvalue weighted by Crippen LogP contribution is -2.40. The van der Waals surface area contributed by atoms with Crippen LogP contribution in [0.15, 0.2) is 12.2 Å². The van der Waals surface area contributed by atoms with Crippen molar-refractivity contribution in [2.75, 3.05) is 19.8 Å². The summed E-state index contributed by atoms with van der Waals surface area (Å²) in [7, 11) is 0. The summed E-state index contributed by atoms with van der Waals surface area (Å²) in [4.78, 5) is 0. The van der Waals surface area contributed by atoms with Gasteiger partial charge in [0.05, 0.1) is 13.2 Å². The highest BCUT2D eigenvalue weighted by molar-refractivity contribution is 4.87. The summed E-state index contributed by atoms with van der Waals surface area (Å²) >= 11 is 0. The maximum atomic E-state index is 9.94. The molecule has 1 aliphatic rings. The summed E-state index contributed by atoms with van der Waals surface area (Å²) in [6, 6.07) is 0. The van der Waals surface area contributed by atoms with Gasteiger partial charge in [0.25, 0.3) is 0 Å². The van der Waals surface area contributed by atoms with Gasteiger partial charge in [-0.1, -0.05) is 70.4 Å². The van der Waals surface area contributed by atoms with Crippen molar-refractivity contribution in [1.82, 2.24) is 0 Å². The average Bonchev–Trinajstić information content (AvgIpc) is 3.03. The van der Waals surface area contributed by atoms with Crippen LogP contribution in [-0.4, -0.2) is 59.6 Å². The van der Waals surface area contributed by atoms with E-state index in [2.05, 4.69) is 19.1 Å². The zero-order valence-electron chi connectivity index (χ0n) is 17.9. The van der Waals surface area contributed by atoms with Crippen molar-refractivity contribution < 1.29 is 24.8 Å². The van der Waals surface area contributed by atoms with Crippen molar-refractivity contribution in [2.45, 2.75) is 115 Å². The van der Waals surface area contributed by atoms with Crippen LogP contribution in [0.3, 0.4) is 0 Å². The van der Waals surface area contributed by atoms with Crippen molar-refractivity contribution in [1.29, 1.82) is 0 Å². The molecule has 0 amide bonds. The Morgan fingerprint density at radius 3 is 2.04 bits per heavy atom. The molecule has 0 aromatic rings. The summed E-state index contributed by atoms with van der Waals surface area (Å²) < 4.78 is 10.7. The molecule has 0 aromatic carbocycles. The van der Waals surface area contributed by atoms with E-state index in [0.29, 0.717) is 6.61 Å². The van der Waals surface area contributed by atoms with Gasteiger partial charge in [-0.15, -0.1) is 0 Å². The molecule has 3 N–H and O–H groups in total. The molecule has 0 bridgehead atoms. The van der Waals surface area contributed by atoms with Crippen molar-refractivity contribution >= 4 is 0 Å². The fraction of sp³-hybridized carbons (Fsp3) is 0.913. The van der Waals surface area contributed by atoms with Crippen LogP contribution in [0.25, 0.3) is 0 Å². The molecule has 1 fully saturated rings.